The molecule has 7 nitrogen and oxygen atoms in total. The number of non-ortho nitro benzene ring substituents is 1. The number of hydrogen-bond donors (Lipinski definition) is 1. The van der Waals surface area contributed by atoms with E-state index in [1.165, 1.54) is 49.6 Å². The van der Waals surface area contributed by atoms with Gasteiger partial charge in [-0.15, -0.1) is 0 Å². The van der Waals surface area contributed by atoms with Crippen LogP contribution >= 0.6 is 0 Å². The number of phenols is 1. The summed E-state index contributed by atoms with van der Waals surface area (Å²) in [6, 6.07) is 9.79. The van der Waals surface area contributed by atoms with E-state index in [0.29, 0.717) is 5.56 Å². The Kier molecular flexibility index (Phi) is 4.93. The molecule has 118 valence electrons. The second-order valence-corrected chi connectivity index (χ2v) is 4.44. The Morgan fingerprint density at radius 1 is 1.22 bits per heavy atom. The zero-order valence-electron chi connectivity index (χ0n) is 12.1. The van der Waals surface area contributed by atoms with Crippen LogP contribution in [0.15, 0.2) is 48.5 Å². The van der Waals surface area contributed by atoms with Gasteiger partial charge in [0.1, 0.15) is 5.75 Å². The van der Waals surface area contributed by atoms with Gasteiger partial charge in [-0.25, -0.2) is 4.79 Å². The average Bonchev–Trinajstić information content (AvgIpc) is 2.54. The molecule has 0 amide bonds. The zero-order chi connectivity index (χ0) is 16.8. The molecule has 1 N–H and O–H groups in total. The zero-order valence-corrected chi connectivity index (χ0v) is 12.1. The molecule has 0 aromatic heterocycles. The van der Waals surface area contributed by atoms with Crippen molar-refractivity contribution in [1.82, 2.24) is 0 Å². The summed E-state index contributed by atoms with van der Waals surface area (Å²) in [5.41, 5.74) is 0.553. The molecule has 0 bridgehead atoms. The van der Waals surface area contributed by atoms with Gasteiger partial charge in [0.15, 0.2) is 11.5 Å². The average molecular weight is 315 g/mol. The second-order valence-electron chi connectivity index (χ2n) is 4.44. The van der Waals surface area contributed by atoms with Crippen molar-refractivity contribution in [3.63, 3.8) is 0 Å². The Morgan fingerprint density at radius 2 is 1.91 bits per heavy atom. The van der Waals surface area contributed by atoms with Gasteiger partial charge in [-0.05, 0) is 35.9 Å². The number of nitrogens with zero attached hydrogens (tertiary/aromatic N) is 1. The minimum Gasteiger partial charge on any atom is -0.504 e. The molecule has 0 unspecified atom stereocenters. The smallest absolute Gasteiger partial charge is 0.336 e. The maximum Gasteiger partial charge on any atom is 0.336 e. The fraction of sp³-hybridized carbons (Fsp3) is 0.0625. The fourth-order valence-electron chi connectivity index (χ4n) is 1.75. The van der Waals surface area contributed by atoms with E-state index in [2.05, 4.69) is 0 Å². The lowest BCUT2D eigenvalue weighted by molar-refractivity contribution is -0.384. The summed E-state index contributed by atoms with van der Waals surface area (Å²) < 4.78 is 9.99. The monoisotopic (exact) mass is 315 g/mol. The number of methoxy groups -OCH3 is 1. The van der Waals surface area contributed by atoms with Crippen LogP contribution in [0.25, 0.3) is 6.08 Å². The van der Waals surface area contributed by atoms with Crippen LogP contribution in [0.3, 0.4) is 0 Å². The first-order chi connectivity index (χ1) is 11.0. The quantitative estimate of drug-likeness (QED) is 0.299. The molecule has 0 saturated carbocycles. The first kappa shape index (κ1) is 16.0. The van der Waals surface area contributed by atoms with E-state index in [0.717, 1.165) is 0 Å². The largest absolute Gasteiger partial charge is 0.504 e. The number of rotatable bonds is 5. The van der Waals surface area contributed by atoms with Gasteiger partial charge in [-0.3, -0.25) is 10.1 Å². The van der Waals surface area contributed by atoms with Gasteiger partial charge in [0, 0.05) is 18.2 Å². The Hall–Kier alpha value is -3.35. The lowest BCUT2D eigenvalue weighted by Gasteiger charge is -2.04. The van der Waals surface area contributed by atoms with Crippen molar-refractivity contribution >= 4 is 17.7 Å². The van der Waals surface area contributed by atoms with Crippen LogP contribution in [0.1, 0.15) is 5.56 Å². The minimum absolute atomic E-state index is 0.00175. The molecule has 0 heterocycles. The summed E-state index contributed by atoms with van der Waals surface area (Å²) in [6.07, 6.45) is 2.70. The third-order valence-electron chi connectivity index (χ3n) is 2.88. The van der Waals surface area contributed by atoms with Gasteiger partial charge >= 0.3 is 5.97 Å². The van der Waals surface area contributed by atoms with Crippen molar-refractivity contribution < 1.29 is 24.3 Å². The van der Waals surface area contributed by atoms with Crippen LogP contribution in [0.5, 0.6) is 17.2 Å². The van der Waals surface area contributed by atoms with E-state index in [-0.39, 0.29) is 22.9 Å². The number of aromatic hydroxyl groups is 1. The van der Waals surface area contributed by atoms with E-state index in [1.54, 1.807) is 12.1 Å². The molecule has 0 saturated heterocycles. The van der Waals surface area contributed by atoms with E-state index < -0.39 is 10.9 Å². The lowest BCUT2D eigenvalue weighted by Crippen LogP contribution is -2.03. The van der Waals surface area contributed by atoms with Crippen molar-refractivity contribution in [3.8, 4) is 17.2 Å². The molecule has 0 aliphatic rings. The number of benzene rings is 2. The minimum atomic E-state index is -0.633. The van der Waals surface area contributed by atoms with Crippen LogP contribution in [0.4, 0.5) is 5.69 Å². The Morgan fingerprint density at radius 3 is 2.52 bits per heavy atom. The number of carbonyl (C=O) groups excluding carboxylic acids is 1. The number of ether oxygens (including phenoxy) is 2. The third-order valence-corrected chi connectivity index (χ3v) is 2.88. The molecule has 23 heavy (non-hydrogen) atoms. The second kappa shape index (κ2) is 7.08. The summed E-state index contributed by atoms with van der Waals surface area (Å²) in [4.78, 5) is 21.7. The number of nitro benzene ring substituents is 1. The highest BCUT2D eigenvalue weighted by atomic mass is 16.6. The SMILES string of the molecule is COc1cc(/C=C/C(=O)Oc2ccc([N+](=O)[O-])cc2)ccc1O. The molecule has 0 aliphatic heterocycles. The molecular weight excluding hydrogens is 302 g/mol. The van der Waals surface area contributed by atoms with E-state index in [9.17, 15) is 20.0 Å². The van der Waals surface area contributed by atoms with Gasteiger partial charge < -0.3 is 14.6 Å². The van der Waals surface area contributed by atoms with Crippen LogP contribution in [0, 0.1) is 10.1 Å². The summed E-state index contributed by atoms with van der Waals surface area (Å²) in [5.74, 6) is -0.145. The van der Waals surface area contributed by atoms with Gasteiger partial charge in [-0.1, -0.05) is 6.07 Å². The molecular formula is C16H13NO6. The van der Waals surface area contributed by atoms with Crippen LogP contribution in [-0.2, 0) is 4.79 Å². The summed E-state index contributed by atoms with van der Waals surface area (Å²) >= 11 is 0. The molecule has 0 spiro atoms. The predicted molar refractivity (Wildman–Crippen MR) is 82.4 cm³/mol. The molecule has 2 aromatic rings. The standard InChI is InChI=1S/C16H13NO6/c1-22-15-10-11(2-8-14(15)18)3-9-16(19)23-13-6-4-12(5-7-13)17(20)21/h2-10,18H,1H3/b9-3+. The van der Waals surface area contributed by atoms with E-state index >= 15 is 0 Å². The van der Waals surface area contributed by atoms with Crippen molar-refractivity contribution in [1.29, 1.82) is 0 Å². The number of carbonyl (C=O) groups is 1. The Balaban J connectivity index is 2.02. The Labute approximate surface area is 131 Å². The topological polar surface area (TPSA) is 98.9 Å². The summed E-state index contributed by atoms with van der Waals surface area (Å²) in [5, 5.41) is 20.0. The predicted octanol–water partition coefficient (Wildman–Crippen LogP) is 2.93. The molecule has 2 aromatic carbocycles. The van der Waals surface area contributed by atoms with Gasteiger partial charge in [-0.2, -0.15) is 0 Å². The van der Waals surface area contributed by atoms with Crippen LogP contribution in [0.2, 0.25) is 0 Å². The molecule has 2 rings (SSSR count). The fourth-order valence-corrected chi connectivity index (χ4v) is 1.75. The van der Waals surface area contributed by atoms with Crippen molar-refractivity contribution in [2.75, 3.05) is 7.11 Å². The first-order valence-corrected chi connectivity index (χ1v) is 6.51. The normalized spacial score (nSPS) is 10.5. The number of phenolic OH excluding ortho intramolecular Hbond substituents is 1. The van der Waals surface area contributed by atoms with Crippen molar-refractivity contribution in [2.45, 2.75) is 0 Å². The van der Waals surface area contributed by atoms with Crippen LogP contribution < -0.4 is 9.47 Å². The maximum absolute atomic E-state index is 11.7. The Bertz CT molecular complexity index is 752. The molecule has 0 fully saturated rings. The number of esters is 1. The van der Waals surface area contributed by atoms with Gasteiger partial charge in [0.2, 0.25) is 0 Å². The van der Waals surface area contributed by atoms with Gasteiger partial charge in [0.05, 0.1) is 12.0 Å². The highest BCUT2D eigenvalue weighted by Gasteiger charge is 2.06. The van der Waals surface area contributed by atoms with Crippen molar-refractivity contribution in [2.24, 2.45) is 0 Å². The maximum atomic E-state index is 11.7. The molecule has 7 heteroatoms. The number of nitro groups is 1. The summed E-state index contributed by atoms with van der Waals surface area (Å²) in [6.45, 7) is 0. The number of hydrogen-bond acceptors (Lipinski definition) is 6. The highest BCUT2D eigenvalue weighted by Crippen LogP contribution is 2.26. The van der Waals surface area contributed by atoms with Crippen LogP contribution in [-0.4, -0.2) is 23.1 Å². The first-order valence-electron chi connectivity index (χ1n) is 6.51. The molecule has 0 atom stereocenters. The van der Waals surface area contributed by atoms with Crippen molar-refractivity contribution in [3.05, 3.63) is 64.2 Å². The highest BCUT2D eigenvalue weighted by molar-refractivity contribution is 5.88. The van der Waals surface area contributed by atoms with E-state index in [4.69, 9.17) is 9.47 Å². The summed E-state index contributed by atoms with van der Waals surface area (Å²) in [7, 11) is 1.42. The molecule has 0 aliphatic carbocycles. The van der Waals surface area contributed by atoms with E-state index in [1.807, 2.05) is 0 Å². The van der Waals surface area contributed by atoms with Gasteiger partial charge in [0.25, 0.3) is 5.69 Å². The molecule has 0 radical (unpaired) electrons. The third kappa shape index (κ3) is 4.31. The lowest BCUT2D eigenvalue weighted by atomic mass is 10.2.